The van der Waals surface area contributed by atoms with E-state index >= 15 is 0 Å². The minimum Gasteiger partial charge on any atom is -0.336 e. The number of hydrogen-bond acceptors (Lipinski definition) is 4. The van der Waals surface area contributed by atoms with E-state index < -0.39 is 0 Å². The van der Waals surface area contributed by atoms with Crippen molar-refractivity contribution in [1.82, 2.24) is 9.80 Å². The van der Waals surface area contributed by atoms with Crippen molar-refractivity contribution in [2.45, 2.75) is 26.3 Å². The number of nitrogens with one attached hydrogen (secondary N) is 1. The van der Waals surface area contributed by atoms with Gasteiger partial charge in [-0.1, -0.05) is 0 Å². The fourth-order valence-corrected chi connectivity index (χ4v) is 2.55. The molecule has 1 saturated heterocycles. The van der Waals surface area contributed by atoms with Crippen molar-refractivity contribution in [2.24, 2.45) is 5.84 Å². The minimum atomic E-state index is 0.0156. The summed E-state index contributed by atoms with van der Waals surface area (Å²) in [5, 5.41) is 0. The van der Waals surface area contributed by atoms with Crippen LogP contribution in [0.5, 0.6) is 0 Å². The first kappa shape index (κ1) is 14.8. The summed E-state index contributed by atoms with van der Waals surface area (Å²) in [4.78, 5) is 16.8. The summed E-state index contributed by atoms with van der Waals surface area (Å²) < 4.78 is 0. The Morgan fingerprint density at radius 2 is 2.05 bits per heavy atom. The van der Waals surface area contributed by atoms with Crippen LogP contribution in [-0.4, -0.2) is 47.9 Å². The van der Waals surface area contributed by atoms with Crippen LogP contribution in [0.2, 0.25) is 0 Å². The lowest BCUT2D eigenvalue weighted by Gasteiger charge is -2.45. The van der Waals surface area contributed by atoms with Gasteiger partial charge >= 0.3 is 0 Å². The molecule has 2 rings (SSSR count). The van der Waals surface area contributed by atoms with Gasteiger partial charge in [-0.2, -0.15) is 0 Å². The van der Waals surface area contributed by atoms with Gasteiger partial charge in [-0.3, -0.25) is 15.5 Å². The maximum atomic E-state index is 12.6. The fraction of sp³-hybridized carbons (Fsp3) is 0.533. The van der Waals surface area contributed by atoms with E-state index in [0.29, 0.717) is 0 Å². The zero-order valence-electron chi connectivity index (χ0n) is 12.7. The third-order valence-corrected chi connectivity index (χ3v) is 4.23. The summed E-state index contributed by atoms with van der Waals surface area (Å²) in [6, 6.07) is 5.57. The maximum Gasteiger partial charge on any atom is 0.253 e. The molecule has 0 aliphatic carbocycles. The van der Waals surface area contributed by atoms with E-state index in [0.717, 1.165) is 36.4 Å². The van der Waals surface area contributed by atoms with Crippen LogP contribution in [-0.2, 0) is 0 Å². The first-order valence-electron chi connectivity index (χ1n) is 6.93. The van der Waals surface area contributed by atoms with Crippen LogP contribution in [0.1, 0.15) is 29.8 Å². The van der Waals surface area contributed by atoms with Crippen molar-refractivity contribution in [3.05, 3.63) is 29.3 Å². The number of benzene rings is 1. The molecule has 1 aliphatic rings. The summed E-state index contributed by atoms with van der Waals surface area (Å²) in [5.41, 5.74) is 5.19. The molecular formula is C15H24N4O. The Hall–Kier alpha value is -1.59. The Labute approximate surface area is 120 Å². The molecule has 1 aliphatic heterocycles. The summed E-state index contributed by atoms with van der Waals surface area (Å²) in [6.45, 7) is 8.70. The van der Waals surface area contributed by atoms with Crippen molar-refractivity contribution in [2.75, 3.05) is 32.1 Å². The molecule has 0 radical (unpaired) electrons. The number of hydrazine groups is 1. The number of amides is 1. The number of nitrogens with zero attached hydrogens (tertiary/aromatic N) is 2. The van der Waals surface area contributed by atoms with Crippen molar-refractivity contribution in [3.63, 3.8) is 0 Å². The lowest BCUT2D eigenvalue weighted by molar-refractivity contribution is 0.0311. The molecule has 0 spiro atoms. The van der Waals surface area contributed by atoms with E-state index in [9.17, 15) is 4.79 Å². The molecule has 20 heavy (non-hydrogen) atoms. The van der Waals surface area contributed by atoms with E-state index in [-0.39, 0.29) is 11.4 Å². The number of likely N-dealkylation sites (N-methyl/N-ethyl adjacent to an activating group) is 1. The average molecular weight is 276 g/mol. The molecule has 0 unspecified atom stereocenters. The number of aryl methyl sites for hydroxylation is 1. The molecule has 0 saturated carbocycles. The second kappa shape index (κ2) is 5.42. The van der Waals surface area contributed by atoms with Gasteiger partial charge in [0.05, 0.1) is 5.69 Å². The summed E-state index contributed by atoms with van der Waals surface area (Å²) in [6.07, 6.45) is 0. The molecule has 5 heteroatoms. The predicted octanol–water partition coefficient (Wildman–Crippen LogP) is 1.45. The number of anilines is 1. The highest BCUT2D eigenvalue weighted by Gasteiger charge is 2.33. The van der Waals surface area contributed by atoms with Crippen LogP contribution in [0.4, 0.5) is 5.69 Å². The zero-order chi connectivity index (χ0) is 14.9. The molecule has 0 atom stereocenters. The van der Waals surface area contributed by atoms with Crippen LogP contribution >= 0.6 is 0 Å². The minimum absolute atomic E-state index is 0.0156. The standard InChI is InChI=1S/C15H24N4O/c1-11-9-12(5-6-13(11)17-16)14(20)19-8-7-18(4)15(2,3)10-19/h5-6,9,17H,7-8,10,16H2,1-4H3. The smallest absolute Gasteiger partial charge is 0.253 e. The lowest BCUT2D eigenvalue weighted by Crippen LogP contribution is -2.58. The van der Waals surface area contributed by atoms with Crippen LogP contribution in [0, 0.1) is 6.92 Å². The van der Waals surface area contributed by atoms with E-state index in [4.69, 9.17) is 5.84 Å². The van der Waals surface area contributed by atoms with Crippen LogP contribution in [0.25, 0.3) is 0 Å². The van der Waals surface area contributed by atoms with Gasteiger partial charge < -0.3 is 10.3 Å². The molecule has 1 aromatic carbocycles. The summed E-state index contributed by atoms with van der Waals surface area (Å²) in [5.74, 6) is 5.51. The van der Waals surface area contributed by atoms with E-state index in [2.05, 4.69) is 31.2 Å². The summed E-state index contributed by atoms with van der Waals surface area (Å²) in [7, 11) is 2.10. The monoisotopic (exact) mass is 276 g/mol. The number of rotatable bonds is 2. The van der Waals surface area contributed by atoms with Crippen molar-refractivity contribution in [3.8, 4) is 0 Å². The molecule has 0 aromatic heterocycles. The topological polar surface area (TPSA) is 61.6 Å². The molecule has 1 fully saturated rings. The second-order valence-corrected chi connectivity index (χ2v) is 6.13. The Kier molecular flexibility index (Phi) is 4.01. The Bertz CT molecular complexity index is 513. The van der Waals surface area contributed by atoms with Crippen LogP contribution in [0.3, 0.4) is 0 Å². The number of carbonyl (C=O) groups is 1. The second-order valence-electron chi connectivity index (χ2n) is 6.13. The Balaban J connectivity index is 2.18. The summed E-state index contributed by atoms with van der Waals surface area (Å²) >= 11 is 0. The molecule has 1 aromatic rings. The molecule has 5 nitrogen and oxygen atoms in total. The molecular weight excluding hydrogens is 252 g/mol. The zero-order valence-corrected chi connectivity index (χ0v) is 12.7. The first-order chi connectivity index (χ1) is 9.35. The van der Waals surface area contributed by atoms with Gasteiger partial charge in [0.15, 0.2) is 0 Å². The number of nitrogens with two attached hydrogens (primary N) is 1. The third kappa shape index (κ3) is 2.78. The van der Waals surface area contributed by atoms with Crippen LogP contribution < -0.4 is 11.3 Å². The van der Waals surface area contributed by atoms with Gasteiger partial charge in [-0.05, 0) is 51.6 Å². The number of carbonyl (C=O) groups excluding carboxylic acids is 1. The Morgan fingerprint density at radius 1 is 1.35 bits per heavy atom. The molecule has 110 valence electrons. The normalized spacial score (nSPS) is 18.9. The van der Waals surface area contributed by atoms with Gasteiger partial charge in [0.2, 0.25) is 0 Å². The average Bonchev–Trinajstić information content (AvgIpc) is 2.41. The van der Waals surface area contributed by atoms with Gasteiger partial charge in [-0.15, -0.1) is 0 Å². The van der Waals surface area contributed by atoms with Crippen molar-refractivity contribution in [1.29, 1.82) is 0 Å². The number of hydrogen-bond donors (Lipinski definition) is 2. The van der Waals surface area contributed by atoms with Gasteiger partial charge in [0.1, 0.15) is 0 Å². The molecule has 3 N–H and O–H groups in total. The highest BCUT2D eigenvalue weighted by Crippen LogP contribution is 2.22. The van der Waals surface area contributed by atoms with E-state index in [1.54, 1.807) is 0 Å². The maximum absolute atomic E-state index is 12.6. The predicted molar refractivity (Wildman–Crippen MR) is 81.6 cm³/mol. The van der Waals surface area contributed by atoms with Gasteiger partial charge in [-0.25, -0.2) is 0 Å². The SMILES string of the molecule is Cc1cc(C(=O)N2CCN(C)C(C)(C)C2)ccc1NN. The van der Waals surface area contributed by atoms with Gasteiger partial charge in [0, 0.05) is 30.7 Å². The molecule has 1 heterocycles. The van der Waals surface area contributed by atoms with Crippen molar-refractivity contribution >= 4 is 11.6 Å². The number of piperazine rings is 1. The quantitative estimate of drug-likeness (QED) is 0.634. The van der Waals surface area contributed by atoms with Gasteiger partial charge in [0.25, 0.3) is 5.91 Å². The highest BCUT2D eigenvalue weighted by molar-refractivity contribution is 5.95. The number of nitrogen functional groups attached to an aromatic ring is 1. The largest absolute Gasteiger partial charge is 0.336 e. The molecule has 1 amide bonds. The van der Waals surface area contributed by atoms with E-state index in [1.165, 1.54) is 0 Å². The third-order valence-electron chi connectivity index (χ3n) is 4.23. The fourth-order valence-electron chi connectivity index (χ4n) is 2.55. The highest BCUT2D eigenvalue weighted by atomic mass is 16.2. The first-order valence-corrected chi connectivity index (χ1v) is 6.93. The lowest BCUT2D eigenvalue weighted by atomic mass is 9.98. The van der Waals surface area contributed by atoms with Crippen molar-refractivity contribution < 1.29 is 4.79 Å². The molecule has 0 bridgehead atoms. The van der Waals surface area contributed by atoms with E-state index in [1.807, 2.05) is 30.0 Å². The Morgan fingerprint density at radius 3 is 2.60 bits per heavy atom. The van der Waals surface area contributed by atoms with Crippen LogP contribution in [0.15, 0.2) is 18.2 Å².